The van der Waals surface area contributed by atoms with E-state index < -0.39 is 0 Å². The molecule has 154 valence electrons. The maximum atomic E-state index is 12.0. The summed E-state index contributed by atoms with van der Waals surface area (Å²) >= 11 is 0. The van der Waals surface area contributed by atoms with E-state index in [0.29, 0.717) is 17.8 Å². The predicted molar refractivity (Wildman–Crippen MR) is 104 cm³/mol. The van der Waals surface area contributed by atoms with E-state index in [-0.39, 0.29) is 22.8 Å². The first-order valence-corrected chi connectivity index (χ1v) is 11.6. The van der Waals surface area contributed by atoms with Gasteiger partial charge in [-0.25, -0.2) is 0 Å². The summed E-state index contributed by atoms with van der Waals surface area (Å²) in [6.45, 7) is 6.48. The molecule has 28 heavy (non-hydrogen) atoms. The normalized spacial score (nSPS) is 51.6. The molecular weight excluding hydrogens is 352 g/mol. The van der Waals surface area contributed by atoms with E-state index in [2.05, 4.69) is 19.9 Å². The minimum Gasteiger partial charge on any atom is -0.458 e. The number of rotatable bonds is 0. The van der Waals surface area contributed by atoms with E-state index in [9.17, 15) is 4.79 Å². The predicted octanol–water partition coefficient (Wildman–Crippen LogP) is 4.77. The highest BCUT2D eigenvalue weighted by Gasteiger charge is 2.67. The van der Waals surface area contributed by atoms with Gasteiger partial charge < -0.3 is 14.2 Å². The van der Waals surface area contributed by atoms with Crippen LogP contribution in [0.25, 0.3) is 0 Å². The van der Waals surface area contributed by atoms with Crippen LogP contribution in [0.5, 0.6) is 0 Å². The zero-order valence-electron chi connectivity index (χ0n) is 17.4. The van der Waals surface area contributed by atoms with Gasteiger partial charge in [-0.3, -0.25) is 4.79 Å². The number of ether oxygens (including phenoxy) is 3. The van der Waals surface area contributed by atoms with Crippen LogP contribution < -0.4 is 0 Å². The van der Waals surface area contributed by atoms with Crippen LogP contribution in [-0.4, -0.2) is 30.6 Å². The van der Waals surface area contributed by atoms with Crippen molar-refractivity contribution in [2.24, 2.45) is 28.6 Å². The van der Waals surface area contributed by atoms with Crippen molar-refractivity contribution in [1.29, 1.82) is 0 Å². The summed E-state index contributed by atoms with van der Waals surface area (Å²) in [5, 5.41) is 0. The van der Waals surface area contributed by atoms with Crippen LogP contribution in [0, 0.1) is 28.6 Å². The Labute approximate surface area is 168 Å². The van der Waals surface area contributed by atoms with E-state index in [0.717, 1.165) is 50.7 Å². The van der Waals surface area contributed by atoms with Crippen molar-refractivity contribution in [2.75, 3.05) is 13.2 Å². The number of allylic oxidation sites excluding steroid dienone is 1. The fraction of sp³-hybridized carbons (Fsp3) is 0.875. The second-order valence-electron chi connectivity index (χ2n) is 11.0. The first kappa shape index (κ1) is 17.9. The molecule has 2 saturated heterocycles. The number of esters is 1. The van der Waals surface area contributed by atoms with Crippen molar-refractivity contribution in [2.45, 2.75) is 89.4 Å². The topological polar surface area (TPSA) is 44.8 Å². The van der Waals surface area contributed by atoms with E-state index in [1.807, 2.05) is 0 Å². The molecule has 2 aliphatic heterocycles. The lowest BCUT2D eigenvalue weighted by atomic mass is 9.46. The molecule has 0 bridgehead atoms. The number of carbonyl (C=O) groups excluding carboxylic acids is 1. The average molecular weight is 387 g/mol. The molecule has 6 rings (SSSR count). The zero-order valence-corrected chi connectivity index (χ0v) is 17.4. The van der Waals surface area contributed by atoms with E-state index >= 15 is 0 Å². The highest BCUT2D eigenvalue weighted by molar-refractivity contribution is 5.72. The van der Waals surface area contributed by atoms with Gasteiger partial charge >= 0.3 is 5.97 Å². The second-order valence-corrected chi connectivity index (χ2v) is 11.0. The highest BCUT2D eigenvalue weighted by atomic mass is 16.7. The SMILES string of the molecule is C[C@]12CCC3(CC1=CC[C@H]1[C@H]4CC[C@@]5(CCC(=O)O5)[C@@]4(C)CC[C@@H]12)OCCO3. The minimum absolute atomic E-state index is 0.0379. The van der Waals surface area contributed by atoms with Crippen LogP contribution in [0.15, 0.2) is 11.6 Å². The summed E-state index contributed by atoms with van der Waals surface area (Å²) in [4.78, 5) is 12.0. The van der Waals surface area contributed by atoms with Gasteiger partial charge in [0.15, 0.2) is 5.79 Å². The van der Waals surface area contributed by atoms with E-state index in [1.165, 1.54) is 32.1 Å². The lowest BCUT2D eigenvalue weighted by Crippen LogP contribution is -2.55. The van der Waals surface area contributed by atoms with Crippen LogP contribution in [0.1, 0.15) is 78.1 Å². The molecule has 0 N–H and O–H groups in total. The van der Waals surface area contributed by atoms with Crippen molar-refractivity contribution in [3.63, 3.8) is 0 Å². The summed E-state index contributed by atoms with van der Waals surface area (Å²) in [6, 6.07) is 0. The Kier molecular flexibility index (Phi) is 3.61. The molecule has 6 atom stereocenters. The third-order valence-electron chi connectivity index (χ3n) is 10.3. The van der Waals surface area contributed by atoms with Gasteiger partial charge in [0.05, 0.1) is 13.2 Å². The Morgan fingerprint density at radius 2 is 1.75 bits per heavy atom. The van der Waals surface area contributed by atoms with Gasteiger partial charge in [0.2, 0.25) is 0 Å². The maximum Gasteiger partial charge on any atom is 0.306 e. The first-order chi connectivity index (χ1) is 13.4. The molecule has 6 aliphatic rings. The van der Waals surface area contributed by atoms with E-state index in [4.69, 9.17) is 14.2 Å². The van der Waals surface area contributed by atoms with Crippen LogP contribution in [0.4, 0.5) is 0 Å². The minimum atomic E-state index is -0.323. The van der Waals surface area contributed by atoms with Crippen molar-refractivity contribution in [3.8, 4) is 0 Å². The van der Waals surface area contributed by atoms with Gasteiger partial charge in [0.25, 0.3) is 0 Å². The van der Waals surface area contributed by atoms with Crippen LogP contribution in [0.2, 0.25) is 0 Å². The molecule has 5 fully saturated rings. The van der Waals surface area contributed by atoms with Gasteiger partial charge in [-0.15, -0.1) is 0 Å². The molecule has 0 aromatic heterocycles. The third kappa shape index (κ3) is 2.12. The lowest BCUT2D eigenvalue weighted by molar-refractivity contribution is -0.189. The Morgan fingerprint density at radius 1 is 0.964 bits per heavy atom. The number of fused-ring (bicyclic) bond motifs is 6. The number of hydrogen-bond donors (Lipinski definition) is 0. The van der Waals surface area contributed by atoms with Gasteiger partial charge in [0, 0.05) is 24.7 Å². The molecule has 2 spiro atoms. The first-order valence-electron chi connectivity index (χ1n) is 11.6. The van der Waals surface area contributed by atoms with Crippen molar-refractivity contribution >= 4 is 5.97 Å². The lowest BCUT2D eigenvalue weighted by Gasteiger charge is -2.59. The molecule has 4 heteroatoms. The smallest absolute Gasteiger partial charge is 0.306 e. The Balaban J connectivity index is 1.31. The van der Waals surface area contributed by atoms with Crippen LogP contribution in [-0.2, 0) is 19.0 Å². The molecule has 0 aromatic carbocycles. The van der Waals surface area contributed by atoms with Crippen LogP contribution >= 0.6 is 0 Å². The van der Waals surface area contributed by atoms with Crippen LogP contribution in [0.3, 0.4) is 0 Å². The summed E-state index contributed by atoms with van der Waals surface area (Å²) < 4.78 is 18.2. The van der Waals surface area contributed by atoms with Gasteiger partial charge in [-0.1, -0.05) is 25.5 Å². The Bertz CT molecular complexity index is 737. The number of hydrogen-bond acceptors (Lipinski definition) is 4. The maximum absolute atomic E-state index is 12.0. The zero-order chi connectivity index (χ0) is 19.2. The monoisotopic (exact) mass is 386 g/mol. The van der Waals surface area contributed by atoms with Crippen molar-refractivity contribution in [3.05, 3.63) is 11.6 Å². The molecule has 2 heterocycles. The van der Waals surface area contributed by atoms with Crippen molar-refractivity contribution in [1.82, 2.24) is 0 Å². The molecule has 0 aromatic rings. The molecule has 4 nitrogen and oxygen atoms in total. The fourth-order valence-electron chi connectivity index (χ4n) is 8.64. The molecule has 4 aliphatic carbocycles. The largest absolute Gasteiger partial charge is 0.458 e. The summed E-state index contributed by atoms with van der Waals surface area (Å²) in [5.74, 6) is 1.91. The molecular formula is C24H34O4. The van der Waals surface area contributed by atoms with Gasteiger partial charge in [-0.2, -0.15) is 0 Å². The second kappa shape index (κ2) is 5.63. The molecule has 0 unspecified atom stereocenters. The third-order valence-corrected chi connectivity index (χ3v) is 10.3. The standard InChI is InChI=1S/C24H34O4/c1-21-11-12-24(26-13-14-27-24)15-16(21)3-4-17-18(21)5-8-22(2)19(17)6-9-23(22)10-7-20(25)28-23/h3,17-19H,4-15H2,1-2H3/t17-,18+,19-,21+,22+,23-/m1/s1. The van der Waals surface area contributed by atoms with E-state index in [1.54, 1.807) is 5.57 Å². The molecule has 0 radical (unpaired) electrons. The quantitative estimate of drug-likeness (QED) is 0.444. The van der Waals surface area contributed by atoms with Gasteiger partial charge in [0.1, 0.15) is 5.60 Å². The molecule has 3 saturated carbocycles. The summed E-state index contributed by atoms with van der Waals surface area (Å²) in [7, 11) is 0. The average Bonchev–Trinajstić information content (AvgIpc) is 3.36. The highest BCUT2D eigenvalue weighted by Crippen LogP contribution is 2.69. The summed E-state index contributed by atoms with van der Waals surface area (Å²) in [5.41, 5.74) is 1.92. The number of carbonyl (C=O) groups is 1. The van der Waals surface area contributed by atoms with Gasteiger partial charge in [-0.05, 0) is 68.1 Å². The molecule has 0 amide bonds. The Morgan fingerprint density at radius 3 is 2.50 bits per heavy atom. The fourth-order valence-corrected chi connectivity index (χ4v) is 8.64. The van der Waals surface area contributed by atoms with Crippen molar-refractivity contribution < 1.29 is 19.0 Å². The Hall–Kier alpha value is -0.870. The summed E-state index contributed by atoms with van der Waals surface area (Å²) in [6.07, 6.45) is 13.3.